The van der Waals surface area contributed by atoms with Crippen LogP contribution in [0.5, 0.6) is 0 Å². The molecule has 0 aromatic rings. The van der Waals surface area contributed by atoms with Crippen LogP contribution in [0.1, 0.15) is 27.2 Å². The fraction of sp³-hybridized carbons (Fsp3) is 0.538. The van der Waals surface area contributed by atoms with Crippen molar-refractivity contribution in [1.29, 1.82) is 0 Å². The average molecular weight is 251 g/mol. The summed E-state index contributed by atoms with van der Waals surface area (Å²) in [6.07, 6.45) is 3.33. The first kappa shape index (κ1) is 12.8. The van der Waals surface area contributed by atoms with Crippen LogP contribution in [-0.4, -0.2) is 28.5 Å². The molecule has 0 unspecified atom stereocenters. The molecule has 1 amide bonds. The lowest BCUT2D eigenvalue weighted by molar-refractivity contribution is -0.150. The van der Waals surface area contributed by atoms with Gasteiger partial charge in [0.1, 0.15) is 0 Å². The number of carbonyl (C=O) groups is 2. The summed E-state index contributed by atoms with van der Waals surface area (Å²) >= 11 is 0. The molecule has 2 rings (SSSR count). The SMILES string of the molecule is CC(C)=C1NC(=O)[C@](O)([C@@H]2C=CO[C@@H](C)C2)C1=O. The first-order valence-corrected chi connectivity index (χ1v) is 5.95. The van der Waals surface area contributed by atoms with E-state index in [1.807, 2.05) is 6.92 Å². The van der Waals surface area contributed by atoms with Crippen LogP contribution in [0.25, 0.3) is 0 Å². The lowest BCUT2D eigenvalue weighted by Gasteiger charge is -2.30. The molecule has 18 heavy (non-hydrogen) atoms. The number of carbonyl (C=O) groups excluding carboxylic acids is 2. The van der Waals surface area contributed by atoms with E-state index in [1.165, 1.54) is 6.26 Å². The number of nitrogens with one attached hydrogen (secondary N) is 1. The number of ketones is 1. The van der Waals surface area contributed by atoms with Crippen molar-refractivity contribution in [2.45, 2.75) is 38.9 Å². The lowest BCUT2D eigenvalue weighted by atomic mass is 9.80. The van der Waals surface area contributed by atoms with Gasteiger partial charge in [0.15, 0.2) is 0 Å². The molecule has 0 aromatic carbocycles. The third kappa shape index (κ3) is 1.75. The van der Waals surface area contributed by atoms with E-state index in [0.29, 0.717) is 12.0 Å². The zero-order valence-electron chi connectivity index (χ0n) is 10.7. The van der Waals surface area contributed by atoms with Crippen LogP contribution in [0.15, 0.2) is 23.6 Å². The fourth-order valence-corrected chi connectivity index (χ4v) is 2.32. The Bertz CT molecular complexity index is 462. The molecule has 2 aliphatic rings. The minimum absolute atomic E-state index is 0.125. The van der Waals surface area contributed by atoms with Crippen LogP contribution < -0.4 is 5.32 Å². The second-order valence-electron chi connectivity index (χ2n) is 5.04. The van der Waals surface area contributed by atoms with Gasteiger partial charge in [0, 0.05) is 5.92 Å². The van der Waals surface area contributed by atoms with Crippen molar-refractivity contribution in [2.75, 3.05) is 0 Å². The maximum absolute atomic E-state index is 12.2. The number of allylic oxidation sites excluding steroid dienone is 1. The molecule has 0 aromatic heterocycles. The predicted octanol–water partition coefficient (Wildman–Crippen LogP) is 0.649. The highest BCUT2D eigenvalue weighted by Crippen LogP contribution is 2.34. The van der Waals surface area contributed by atoms with Gasteiger partial charge in [-0.05, 0) is 38.8 Å². The summed E-state index contributed by atoms with van der Waals surface area (Å²) in [7, 11) is 0. The summed E-state index contributed by atoms with van der Waals surface area (Å²) < 4.78 is 5.21. The zero-order valence-corrected chi connectivity index (χ0v) is 10.7. The van der Waals surface area contributed by atoms with E-state index in [1.54, 1.807) is 19.9 Å². The predicted molar refractivity (Wildman–Crippen MR) is 64.3 cm³/mol. The van der Waals surface area contributed by atoms with E-state index in [9.17, 15) is 14.7 Å². The van der Waals surface area contributed by atoms with Gasteiger partial charge >= 0.3 is 0 Å². The molecular formula is C13H17NO4. The van der Waals surface area contributed by atoms with Crippen LogP contribution >= 0.6 is 0 Å². The van der Waals surface area contributed by atoms with E-state index in [0.717, 1.165) is 0 Å². The van der Waals surface area contributed by atoms with Crippen molar-refractivity contribution >= 4 is 11.7 Å². The second-order valence-corrected chi connectivity index (χ2v) is 5.04. The second kappa shape index (κ2) is 4.24. The molecule has 0 spiro atoms. The van der Waals surface area contributed by atoms with Gasteiger partial charge in [-0.2, -0.15) is 0 Å². The molecule has 3 atom stereocenters. The van der Waals surface area contributed by atoms with Gasteiger partial charge in [-0.1, -0.05) is 0 Å². The Morgan fingerprint density at radius 3 is 2.67 bits per heavy atom. The summed E-state index contributed by atoms with van der Waals surface area (Å²) in [4.78, 5) is 24.2. The molecule has 5 heteroatoms. The Labute approximate surface area is 106 Å². The molecule has 0 bridgehead atoms. The molecule has 1 saturated heterocycles. The molecular weight excluding hydrogens is 234 g/mol. The van der Waals surface area contributed by atoms with Crippen molar-refractivity contribution in [3.05, 3.63) is 23.6 Å². The van der Waals surface area contributed by atoms with Gasteiger partial charge in [-0.3, -0.25) is 9.59 Å². The summed E-state index contributed by atoms with van der Waals surface area (Å²) in [5.41, 5.74) is -1.11. The van der Waals surface area contributed by atoms with Crippen LogP contribution in [0.4, 0.5) is 0 Å². The van der Waals surface area contributed by atoms with Crippen LogP contribution in [0.3, 0.4) is 0 Å². The standard InChI is InChI=1S/C13H17NO4/c1-7(2)10-11(15)13(17,12(16)14-10)9-4-5-18-8(3)6-9/h4-5,8-9,17H,6H2,1-3H3,(H,14,16)/t8-,9+,13-/m0/s1. The molecule has 0 radical (unpaired) electrons. The lowest BCUT2D eigenvalue weighted by Crippen LogP contribution is -2.50. The van der Waals surface area contributed by atoms with Crippen LogP contribution in [0.2, 0.25) is 0 Å². The van der Waals surface area contributed by atoms with Gasteiger partial charge in [0.05, 0.1) is 18.1 Å². The summed E-state index contributed by atoms with van der Waals surface area (Å²) in [6, 6.07) is 0. The maximum atomic E-state index is 12.2. The smallest absolute Gasteiger partial charge is 0.265 e. The molecule has 2 aliphatic heterocycles. The maximum Gasteiger partial charge on any atom is 0.265 e. The number of Topliss-reactive ketones (excluding diaryl/α,β-unsaturated/α-hetero) is 1. The van der Waals surface area contributed by atoms with E-state index >= 15 is 0 Å². The van der Waals surface area contributed by atoms with Gasteiger partial charge in [-0.25, -0.2) is 0 Å². The quantitative estimate of drug-likeness (QED) is 0.530. The summed E-state index contributed by atoms with van der Waals surface area (Å²) in [6.45, 7) is 5.28. The van der Waals surface area contributed by atoms with E-state index in [-0.39, 0.29) is 11.8 Å². The first-order valence-electron chi connectivity index (χ1n) is 5.95. The summed E-state index contributed by atoms with van der Waals surface area (Å²) in [5, 5.41) is 13.0. The minimum atomic E-state index is -2.00. The zero-order chi connectivity index (χ0) is 13.5. The van der Waals surface area contributed by atoms with Gasteiger partial charge in [-0.15, -0.1) is 0 Å². The van der Waals surface area contributed by atoms with Gasteiger partial charge < -0.3 is 15.2 Å². The Morgan fingerprint density at radius 1 is 1.50 bits per heavy atom. The highest BCUT2D eigenvalue weighted by Gasteiger charge is 2.56. The van der Waals surface area contributed by atoms with Crippen molar-refractivity contribution < 1.29 is 19.4 Å². The molecule has 2 N–H and O–H groups in total. The van der Waals surface area contributed by atoms with E-state index < -0.39 is 23.2 Å². The highest BCUT2D eigenvalue weighted by atomic mass is 16.5. The normalized spacial score (nSPS) is 35.4. The Balaban J connectivity index is 2.39. The number of rotatable bonds is 1. The Kier molecular flexibility index (Phi) is 3.02. The molecule has 5 nitrogen and oxygen atoms in total. The van der Waals surface area contributed by atoms with Gasteiger partial charge in [0.2, 0.25) is 11.4 Å². The number of aliphatic hydroxyl groups is 1. The number of hydrogen-bond donors (Lipinski definition) is 2. The average Bonchev–Trinajstić information content (AvgIpc) is 2.55. The third-order valence-electron chi connectivity index (χ3n) is 3.40. The number of amides is 1. The van der Waals surface area contributed by atoms with Crippen LogP contribution in [0, 0.1) is 5.92 Å². The van der Waals surface area contributed by atoms with E-state index in [4.69, 9.17) is 4.74 Å². The minimum Gasteiger partial charge on any atom is -0.499 e. The molecule has 1 fully saturated rings. The topological polar surface area (TPSA) is 75.6 Å². The van der Waals surface area contributed by atoms with Crippen LogP contribution in [-0.2, 0) is 14.3 Å². The largest absolute Gasteiger partial charge is 0.499 e. The third-order valence-corrected chi connectivity index (χ3v) is 3.40. The fourth-order valence-electron chi connectivity index (χ4n) is 2.32. The van der Waals surface area contributed by atoms with Crippen molar-refractivity contribution in [3.63, 3.8) is 0 Å². The Hall–Kier alpha value is -1.62. The first-order chi connectivity index (χ1) is 8.37. The van der Waals surface area contributed by atoms with Crippen molar-refractivity contribution in [3.8, 4) is 0 Å². The molecule has 98 valence electrons. The summed E-state index contributed by atoms with van der Waals surface area (Å²) in [5.74, 6) is -1.74. The van der Waals surface area contributed by atoms with E-state index in [2.05, 4.69) is 5.32 Å². The van der Waals surface area contributed by atoms with Gasteiger partial charge in [0.25, 0.3) is 5.91 Å². The molecule has 2 heterocycles. The van der Waals surface area contributed by atoms with Crippen molar-refractivity contribution in [2.24, 2.45) is 5.92 Å². The molecule has 0 saturated carbocycles. The molecule has 0 aliphatic carbocycles. The monoisotopic (exact) mass is 251 g/mol. The Morgan fingerprint density at radius 2 is 2.17 bits per heavy atom. The van der Waals surface area contributed by atoms with Crippen molar-refractivity contribution in [1.82, 2.24) is 5.32 Å². The highest BCUT2D eigenvalue weighted by molar-refractivity contribution is 6.24. The number of ether oxygens (including phenoxy) is 1. The number of hydrogen-bond acceptors (Lipinski definition) is 4.